The van der Waals surface area contributed by atoms with Gasteiger partial charge in [0, 0.05) is 11.5 Å². The maximum atomic E-state index is 9.90. The molecule has 3 nitrogen and oxygen atoms in total. The van der Waals surface area contributed by atoms with E-state index in [2.05, 4.69) is 4.98 Å². The molecule has 0 amide bonds. The van der Waals surface area contributed by atoms with Gasteiger partial charge in [0.25, 0.3) is 0 Å². The van der Waals surface area contributed by atoms with Gasteiger partial charge >= 0.3 is 0 Å². The van der Waals surface area contributed by atoms with Crippen LogP contribution >= 0.6 is 23.1 Å². The van der Waals surface area contributed by atoms with E-state index in [0.29, 0.717) is 0 Å². The molecule has 16 heavy (non-hydrogen) atoms. The first kappa shape index (κ1) is 11.0. The summed E-state index contributed by atoms with van der Waals surface area (Å²) in [6.07, 6.45) is 2.82. The molecule has 0 saturated carbocycles. The molecule has 0 radical (unpaired) electrons. The van der Waals surface area contributed by atoms with Crippen LogP contribution in [0.1, 0.15) is 40.6 Å². The van der Waals surface area contributed by atoms with Crippen molar-refractivity contribution in [2.45, 2.75) is 31.5 Å². The first-order chi connectivity index (χ1) is 7.84. The number of aromatic nitrogens is 1. The number of rotatable bonds is 1. The summed E-state index contributed by atoms with van der Waals surface area (Å²) in [6.45, 7) is 0.822. The third-order valence-electron chi connectivity index (χ3n) is 3.03. The highest BCUT2D eigenvalue weighted by Gasteiger charge is 2.27. The number of aliphatic hydroxyl groups excluding tert-OH is 1. The number of ether oxygens (including phenoxy) is 1. The zero-order valence-electron chi connectivity index (χ0n) is 9.02. The number of hydrogen-bond donors (Lipinski definition) is 1. The highest BCUT2D eigenvalue weighted by molar-refractivity contribution is 7.99. The highest BCUT2D eigenvalue weighted by atomic mass is 32.2. The van der Waals surface area contributed by atoms with Crippen LogP contribution in [0.3, 0.4) is 0 Å². The number of fused-ring (bicyclic) bond motifs is 1. The molecular weight excluding hydrogens is 242 g/mol. The lowest BCUT2D eigenvalue weighted by Crippen LogP contribution is -2.15. The van der Waals surface area contributed by atoms with E-state index in [1.54, 1.807) is 11.3 Å². The molecule has 0 spiro atoms. The Bertz CT molecular complexity index is 374. The van der Waals surface area contributed by atoms with Gasteiger partial charge in [0.2, 0.25) is 0 Å². The molecule has 88 valence electrons. The predicted molar refractivity (Wildman–Crippen MR) is 66.0 cm³/mol. The van der Waals surface area contributed by atoms with Crippen molar-refractivity contribution >= 4 is 23.1 Å². The van der Waals surface area contributed by atoms with Gasteiger partial charge in [-0.05, 0) is 19.3 Å². The third-order valence-corrected chi connectivity index (χ3v) is 5.31. The summed E-state index contributed by atoms with van der Waals surface area (Å²) >= 11 is 3.57. The lowest BCUT2D eigenvalue weighted by molar-refractivity contribution is 0.0754. The molecule has 1 fully saturated rings. The Hall–Kier alpha value is -0.100. The molecule has 2 aliphatic rings. The van der Waals surface area contributed by atoms with Crippen molar-refractivity contribution in [3.8, 4) is 0 Å². The fourth-order valence-corrected chi connectivity index (χ4v) is 4.32. The molecule has 1 N–H and O–H groups in total. The topological polar surface area (TPSA) is 42.4 Å². The lowest BCUT2D eigenvalue weighted by atomic mass is 10.0. The second kappa shape index (κ2) is 4.64. The number of hydrogen-bond acceptors (Lipinski definition) is 5. The van der Waals surface area contributed by atoms with Crippen molar-refractivity contribution in [2.75, 3.05) is 18.1 Å². The van der Waals surface area contributed by atoms with Gasteiger partial charge in [-0.3, -0.25) is 0 Å². The van der Waals surface area contributed by atoms with Crippen LogP contribution < -0.4 is 0 Å². The van der Waals surface area contributed by atoms with Crippen molar-refractivity contribution in [1.82, 2.24) is 4.98 Å². The largest absolute Gasteiger partial charge is 0.388 e. The minimum Gasteiger partial charge on any atom is -0.388 e. The van der Waals surface area contributed by atoms with Gasteiger partial charge in [-0.1, -0.05) is 0 Å². The molecule has 2 heterocycles. The maximum absolute atomic E-state index is 9.90. The molecule has 1 aromatic heterocycles. The summed E-state index contributed by atoms with van der Waals surface area (Å²) in [5, 5.41) is 11.0. The molecule has 3 rings (SSSR count). The zero-order valence-corrected chi connectivity index (χ0v) is 10.6. The van der Waals surface area contributed by atoms with E-state index in [9.17, 15) is 5.11 Å². The van der Waals surface area contributed by atoms with Gasteiger partial charge in [0.05, 0.1) is 23.3 Å². The Balaban J connectivity index is 1.85. The quantitative estimate of drug-likeness (QED) is 0.838. The van der Waals surface area contributed by atoms with Crippen LogP contribution in [0.4, 0.5) is 0 Å². The second-order valence-electron chi connectivity index (χ2n) is 4.21. The van der Waals surface area contributed by atoms with Crippen molar-refractivity contribution < 1.29 is 9.84 Å². The van der Waals surface area contributed by atoms with E-state index in [1.165, 1.54) is 0 Å². The predicted octanol–water partition coefficient (Wildman–Crippen LogP) is 2.32. The standard InChI is InChI=1S/C11H15NO2S2/c13-8-3-1-2-7-10(8)16-11(12-7)9-6-15-5-4-14-9/h8-9,13H,1-6H2. The Morgan fingerprint density at radius 1 is 1.44 bits per heavy atom. The van der Waals surface area contributed by atoms with Crippen molar-refractivity contribution in [2.24, 2.45) is 0 Å². The second-order valence-corrected chi connectivity index (χ2v) is 6.42. The normalized spacial score (nSPS) is 30.1. The van der Waals surface area contributed by atoms with Crippen LogP contribution in [-0.4, -0.2) is 28.2 Å². The molecule has 0 aromatic carbocycles. The van der Waals surface area contributed by atoms with Gasteiger partial charge < -0.3 is 9.84 Å². The number of aliphatic hydroxyl groups is 1. The number of thioether (sulfide) groups is 1. The zero-order chi connectivity index (χ0) is 11.0. The molecule has 1 saturated heterocycles. The van der Waals surface area contributed by atoms with Gasteiger partial charge in [-0.2, -0.15) is 11.8 Å². The van der Waals surface area contributed by atoms with Crippen LogP contribution in [0.5, 0.6) is 0 Å². The van der Waals surface area contributed by atoms with Gasteiger partial charge in [-0.25, -0.2) is 4.98 Å². The van der Waals surface area contributed by atoms with E-state index in [-0.39, 0.29) is 12.2 Å². The van der Waals surface area contributed by atoms with Crippen LogP contribution in [0.2, 0.25) is 0 Å². The average molecular weight is 257 g/mol. The van der Waals surface area contributed by atoms with E-state index in [4.69, 9.17) is 4.74 Å². The van der Waals surface area contributed by atoms with Crippen LogP contribution in [-0.2, 0) is 11.2 Å². The van der Waals surface area contributed by atoms with Crippen LogP contribution in [0.25, 0.3) is 0 Å². The fraction of sp³-hybridized carbons (Fsp3) is 0.727. The summed E-state index contributed by atoms with van der Waals surface area (Å²) in [5.74, 6) is 2.09. The average Bonchev–Trinajstić information content (AvgIpc) is 2.76. The maximum Gasteiger partial charge on any atom is 0.123 e. The molecule has 1 aliphatic heterocycles. The summed E-state index contributed by atoms with van der Waals surface area (Å²) < 4.78 is 5.72. The number of thiazole rings is 1. The van der Waals surface area contributed by atoms with E-state index in [0.717, 1.165) is 53.0 Å². The third kappa shape index (κ3) is 2.01. The summed E-state index contributed by atoms with van der Waals surface area (Å²) in [6, 6.07) is 0. The van der Waals surface area contributed by atoms with Gasteiger partial charge in [-0.15, -0.1) is 11.3 Å². The van der Waals surface area contributed by atoms with E-state index >= 15 is 0 Å². The summed E-state index contributed by atoms with van der Waals surface area (Å²) in [5.41, 5.74) is 1.11. The highest BCUT2D eigenvalue weighted by Crippen LogP contribution is 2.38. The Morgan fingerprint density at radius 3 is 3.12 bits per heavy atom. The molecule has 5 heteroatoms. The molecular formula is C11H15NO2S2. The van der Waals surface area contributed by atoms with Crippen LogP contribution in [0.15, 0.2) is 0 Å². The van der Waals surface area contributed by atoms with E-state index in [1.807, 2.05) is 11.8 Å². The fourth-order valence-electron chi connectivity index (χ4n) is 2.18. The monoisotopic (exact) mass is 257 g/mol. The SMILES string of the molecule is OC1CCCc2nc(C3CSCCO3)sc21. The molecule has 2 unspecified atom stereocenters. The van der Waals surface area contributed by atoms with Gasteiger partial charge in [0.1, 0.15) is 11.1 Å². The van der Waals surface area contributed by atoms with Crippen molar-refractivity contribution in [1.29, 1.82) is 0 Å². The molecule has 1 aliphatic carbocycles. The first-order valence-electron chi connectivity index (χ1n) is 5.71. The van der Waals surface area contributed by atoms with E-state index < -0.39 is 0 Å². The van der Waals surface area contributed by atoms with Gasteiger partial charge in [0.15, 0.2) is 0 Å². The summed E-state index contributed by atoms with van der Waals surface area (Å²) in [7, 11) is 0. The molecule has 1 aromatic rings. The number of aryl methyl sites for hydroxylation is 1. The summed E-state index contributed by atoms with van der Waals surface area (Å²) in [4.78, 5) is 5.73. The molecule has 0 bridgehead atoms. The smallest absolute Gasteiger partial charge is 0.123 e. The number of nitrogens with zero attached hydrogens (tertiary/aromatic N) is 1. The van der Waals surface area contributed by atoms with Crippen molar-refractivity contribution in [3.05, 3.63) is 15.6 Å². The first-order valence-corrected chi connectivity index (χ1v) is 7.68. The Labute approximate surface area is 103 Å². The Morgan fingerprint density at radius 2 is 2.38 bits per heavy atom. The molecule has 2 atom stereocenters. The lowest BCUT2D eigenvalue weighted by Gasteiger charge is -2.19. The minimum absolute atomic E-state index is 0.154. The Kier molecular flexibility index (Phi) is 3.20. The van der Waals surface area contributed by atoms with Crippen LogP contribution in [0, 0.1) is 0 Å². The van der Waals surface area contributed by atoms with Crippen molar-refractivity contribution in [3.63, 3.8) is 0 Å². The minimum atomic E-state index is -0.286.